The molecule has 0 amide bonds. The second-order valence-corrected chi connectivity index (χ2v) is 11.2. The van der Waals surface area contributed by atoms with E-state index in [1.54, 1.807) is 14.7 Å². The van der Waals surface area contributed by atoms with E-state index in [1.807, 2.05) is 81.3 Å². The maximum absolute atomic E-state index is 4.56. The second kappa shape index (κ2) is 22.4. The third-order valence-corrected chi connectivity index (χ3v) is 6.13. The molecule has 1 heterocycles. The molecule has 0 aliphatic rings. The molecule has 0 saturated heterocycles. The number of nitrogens with one attached hydrogen (secondary N) is 1. The first-order valence-corrected chi connectivity index (χ1v) is 13.3. The number of benzene rings is 1. The normalized spacial score (nSPS) is 9.37. The summed E-state index contributed by atoms with van der Waals surface area (Å²) in [6.45, 7) is 7.93. The van der Waals surface area contributed by atoms with Crippen molar-refractivity contribution in [2.75, 3.05) is 47.7 Å². The minimum absolute atomic E-state index is 0. The molecule has 7 nitrogen and oxygen atoms in total. The van der Waals surface area contributed by atoms with Gasteiger partial charge in [-0.3, -0.25) is 0 Å². The Morgan fingerprint density at radius 3 is 1.42 bits per heavy atom. The first kappa shape index (κ1) is 41.1. The van der Waals surface area contributed by atoms with E-state index >= 15 is 0 Å². The number of rotatable bonds is 3. The standard InChI is InChI=1S/C15H18N4.3C3H7NS2.Fe/c1-10-7-5-6-8-14(10)13(4)18-19-15-16-11(2)9-12(3)17-15;3*1-4(2)3(5)6;/h5-9H,1-4H3,(H,16,17,19);3*1-2H3,(H,5,6);/q;;;;+3/p-3/b18-13-;;;;. The molecule has 0 fully saturated rings. The molecule has 1 radical (unpaired) electrons. The van der Waals surface area contributed by atoms with E-state index in [0.717, 1.165) is 22.7 Å². The summed E-state index contributed by atoms with van der Waals surface area (Å²) < 4.78 is 1.53. The quantitative estimate of drug-likeness (QED) is 0.166. The van der Waals surface area contributed by atoms with Crippen LogP contribution in [-0.4, -0.2) is 85.6 Å². The molecule has 1 aromatic heterocycles. The summed E-state index contributed by atoms with van der Waals surface area (Å²) in [6.07, 6.45) is 0. The first-order valence-electron chi connectivity index (χ1n) is 10.8. The van der Waals surface area contributed by atoms with E-state index in [0.29, 0.717) is 18.9 Å². The van der Waals surface area contributed by atoms with Crippen molar-refractivity contribution in [2.24, 2.45) is 5.10 Å². The van der Waals surface area contributed by atoms with E-state index in [-0.39, 0.29) is 17.1 Å². The third-order valence-electron chi connectivity index (χ3n) is 3.94. The number of thiocarbonyl (C=S) groups is 3. The molecular weight excluding hydrogens is 635 g/mol. The molecule has 0 aliphatic carbocycles. The second-order valence-electron chi connectivity index (χ2n) is 8.08. The molecule has 0 spiro atoms. The van der Waals surface area contributed by atoms with Crippen molar-refractivity contribution in [2.45, 2.75) is 27.7 Å². The summed E-state index contributed by atoms with van der Waals surface area (Å²) in [6, 6.07) is 10.1. The predicted octanol–water partition coefficient (Wildman–Crippen LogP) is 4.37. The van der Waals surface area contributed by atoms with Gasteiger partial charge in [0.2, 0.25) is 5.95 Å². The summed E-state index contributed by atoms with van der Waals surface area (Å²) in [5.41, 5.74) is 8.02. The molecular formula is C24H36FeN7S6. The molecule has 2 aromatic rings. The van der Waals surface area contributed by atoms with Crippen LogP contribution in [0.4, 0.5) is 5.95 Å². The molecule has 211 valence electrons. The van der Waals surface area contributed by atoms with Crippen molar-refractivity contribution in [3.05, 3.63) is 52.8 Å². The minimum atomic E-state index is 0. The molecule has 0 saturated carbocycles. The van der Waals surface area contributed by atoms with Crippen molar-refractivity contribution in [1.29, 1.82) is 0 Å². The van der Waals surface area contributed by atoms with Crippen LogP contribution >= 0.6 is 36.7 Å². The van der Waals surface area contributed by atoms with Crippen molar-refractivity contribution < 1.29 is 17.1 Å². The zero-order valence-electron chi connectivity index (χ0n) is 23.4. The summed E-state index contributed by atoms with van der Waals surface area (Å²) in [7, 11) is 11.0. The van der Waals surface area contributed by atoms with E-state index in [9.17, 15) is 0 Å². The molecule has 0 atom stereocenters. The molecule has 1 N–H and O–H groups in total. The van der Waals surface area contributed by atoms with Gasteiger partial charge in [0, 0.05) is 59.2 Å². The van der Waals surface area contributed by atoms with Crippen LogP contribution in [-0.2, 0) is 55.0 Å². The Labute approximate surface area is 272 Å². The fraction of sp³-hybridized carbons (Fsp3) is 0.417. The van der Waals surface area contributed by atoms with Gasteiger partial charge < -0.3 is 89.2 Å². The summed E-state index contributed by atoms with van der Waals surface area (Å²) >= 11 is 27.4. The van der Waals surface area contributed by atoms with Crippen LogP contribution in [0.5, 0.6) is 0 Å². The van der Waals surface area contributed by atoms with Gasteiger partial charge in [-0.2, -0.15) is 5.10 Å². The Hall–Kier alpha value is -1.38. The van der Waals surface area contributed by atoms with Gasteiger partial charge >= 0.3 is 17.1 Å². The topological polar surface area (TPSA) is 59.9 Å². The van der Waals surface area contributed by atoms with Gasteiger partial charge in [0.05, 0.1) is 5.71 Å². The third kappa shape index (κ3) is 21.5. The number of hydrazone groups is 1. The number of aromatic nitrogens is 2. The van der Waals surface area contributed by atoms with E-state index in [2.05, 4.69) is 114 Å². The monoisotopic (exact) mass is 670 g/mol. The van der Waals surface area contributed by atoms with Crippen LogP contribution in [0, 0.1) is 20.8 Å². The largest absolute Gasteiger partial charge is 3.00 e. The number of hydrogen-bond acceptors (Lipinski definition) is 10. The maximum atomic E-state index is 4.56. The van der Waals surface area contributed by atoms with Crippen LogP contribution in [0.1, 0.15) is 29.4 Å². The fourth-order valence-corrected chi connectivity index (χ4v) is 1.95. The van der Waals surface area contributed by atoms with Crippen LogP contribution in [0.25, 0.3) is 0 Å². The fourth-order valence-electron chi connectivity index (χ4n) is 1.95. The molecule has 2 rings (SSSR count). The Morgan fingerprint density at radius 1 is 0.763 bits per heavy atom. The Bertz CT molecular complexity index is 984. The predicted molar refractivity (Wildman–Crippen MR) is 179 cm³/mol. The number of nitrogens with zero attached hydrogens (tertiary/aromatic N) is 6. The van der Waals surface area contributed by atoms with Gasteiger partial charge in [-0.1, -0.05) is 37.2 Å². The summed E-state index contributed by atoms with van der Waals surface area (Å²) in [4.78, 5) is 13.7. The van der Waals surface area contributed by atoms with Crippen molar-refractivity contribution >= 4 is 99.2 Å². The molecule has 14 heteroatoms. The van der Waals surface area contributed by atoms with Gasteiger partial charge in [0.15, 0.2) is 0 Å². The van der Waals surface area contributed by atoms with Crippen LogP contribution in [0.2, 0.25) is 0 Å². The van der Waals surface area contributed by atoms with Gasteiger partial charge in [0.25, 0.3) is 0 Å². The SMILES string of the molecule is C/C(=N/Nc1nc(C)cc(C)n1)c1ccccc1C.CN(C)C(=S)[S-].CN(C)C(=S)[S-].CN(C)C(=S)[S-].[Fe+3]. The van der Waals surface area contributed by atoms with Gasteiger partial charge in [0.1, 0.15) is 0 Å². The van der Waals surface area contributed by atoms with Crippen molar-refractivity contribution in [3.63, 3.8) is 0 Å². The number of hydrogen-bond donors (Lipinski definition) is 1. The Morgan fingerprint density at radius 2 is 1.11 bits per heavy atom. The number of aryl methyl sites for hydroxylation is 3. The van der Waals surface area contributed by atoms with Crippen LogP contribution < -0.4 is 5.43 Å². The van der Waals surface area contributed by atoms with E-state index in [4.69, 9.17) is 0 Å². The Balaban J connectivity index is -0.000000532. The Kier molecular flexibility index (Phi) is 24.3. The zero-order valence-corrected chi connectivity index (χ0v) is 29.4. The molecule has 38 heavy (non-hydrogen) atoms. The summed E-state index contributed by atoms with van der Waals surface area (Å²) in [5, 5.41) is 4.35. The molecule has 1 aromatic carbocycles. The summed E-state index contributed by atoms with van der Waals surface area (Å²) in [5.74, 6) is 0.533. The van der Waals surface area contributed by atoms with Gasteiger partial charge in [-0.05, 0) is 39.3 Å². The van der Waals surface area contributed by atoms with Gasteiger partial charge in [-0.25, -0.2) is 15.4 Å². The van der Waals surface area contributed by atoms with Crippen LogP contribution in [0.15, 0.2) is 35.4 Å². The van der Waals surface area contributed by atoms with Crippen molar-refractivity contribution in [1.82, 2.24) is 24.7 Å². The molecule has 0 aliphatic heterocycles. The smallest absolute Gasteiger partial charge is 0.411 e. The van der Waals surface area contributed by atoms with Crippen LogP contribution in [0.3, 0.4) is 0 Å². The first-order chi connectivity index (χ1) is 17.0. The van der Waals surface area contributed by atoms with E-state index < -0.39 is 0 Å². The average Bonchev–Trinajstić information content (AvgIpc) is 2.78. The zero-order chi connectivity index (χ0) is 29.3. The average molecular weight is 671 g/mol. The maximum Gasteiger partial charge on any atom is 3.00 e. The molecule has 0 bridgehead atoms. The van der Waals surface area contributed by atoms with Gasteiger partial charge in [-0.15, -0.1) is 0 Å². The van der Waals surface area contributed by atoms with Crippen molar-refractivity contribution in [3.8, 4) is 0 Å². The minimum Gasteiger partial charge on any atom is -0.411 e. The number of anilines is 1. The molecule has 0 unspecified atom stereocenters. The van der Waals surface area contributed by atoms with E-state index in [1.165, 1.54) is 5.56 Å².